The average Bonchev–Trinajstić information content (AvgIpc) is 2.72. The molecule has 0 aliphatic heterocycles. The van der Waals surface area contributed by atoms with Crippen molar-refractivity contribution in [2.24, 2.45) is 0 Å². The number of rotatable bonds is 1. The highest BCUT2D eigenvalue weighted by Crippen LogP contribution is 2.21. The molecule has 3 aromatic heterocycles. The van der Waals surface area contributed by atoms with Gasteiger partial charge in [0.1, 0.15) is 5.82 Å². The first-order chi connectivity index (χ1) is 8.22. The van der Waals surface area contributed by atoms with Gasteiger partial charge in [-0.2, -0.15) is 0 Å². The van der Waals surface area contributed by atoms with Crippen LogP contribution in [-0.4, -0.2) is 19.9 Å². The average molecular weight is 289 g/mol. The quantitative estimate of drug-likeness (QED) is 0.749. The van der Waals surface area contributed by atoms with Crippen LogP contribution in [0.3, 0.4) is 0 Å². The first kappa shape index (κ1) is 10.4. The van der Waals surface area contributed by atoms with Crippen molar-refractivity contribution in [3.05, 3.63) is 40.8 Å². The van der Waals surface area contributed by atoms with E-state index in [2.05, 4.69) is 35.9 Å². The number of imidazole rings is 1. The van der Waals surface area contributed by atoms with Crippen LogP contribution in [-0.2, 0) is 0 Å². The number of hydrogen-bond acceptors (Lipinski definition) is 3. The lowest BCUT2D eigenvalue weighted by molar-refractivity contribution is 1.25. The highest BCUT2D eigenvalue weighted by atomic mass is 79.9. The summed E-state index contributed by atoms with van der Waals surface area (Å²) in [6, 6.07) is 4.00. The van der Waals surface area contributed by atoms with Crippen LogP contribution in [0.15, 0.2) is 35.2 Å². The number of H-pyrrole nitrogens is 1. The zero-order chi connectivity index (χ0) is 11.8. The molecule has 3 heterocycles. The summed E-state index contributed by atoms with van der Waals surface area (Å²) in [6.45, 7) is 2.01. The third-order valence-corrected chi connectivity index (χ3v) is 2.89. The van der Waals surface area contributed by atoms with Crippen LogP contribution in [0, 0.1) is 6.92 Å². The van der Waals surface area contributed by atoms with Gasteiger partial charge >= 0.3 is 0 Å². The number of halogens is 1. The van der Waals surface area contributed by atoms with Crippen LogP contribution in [0.25, 0.3) is 22.6 Å². The standard InChI is InChI=1S/C12H9BrN4/c1-7-2-10-12(15-4-7)17-11(16-10)8-3-9(13)6-14-5-8/h2-6H,1H3,(H,15,16,17). The Morgan fingerprint density at radius 3 is 2.88 bits per heavy atom. The molecule has 17 heavy (non-hydrogen) atoms. The molecule has 1 N–H and O–H groups in total. The van der Waals surface area contributed by atoms with Gasteiger partial charge in [-0.3, -0.25) is 4.98 Å². The van der Waals surface area contributed by atoms with E-state index in [1.165, 1.54) is 0 Å². The van der Waals surface area contributed by atoms with Gasteiger partial charge in [-0.25, -0.2) is 9.97 Å². The van der Waals surface area contributed by atoms with Crippen LogP contribution in [0.1, 0.15) is 5.56 Å². The maximum atomic E-state index is 4.44. The van der Waals surface area contributed by atoms with Crippen molar-refractivity contribution in [3.8, 4) is 11.4 Å². The Labute approximate surface area is 106 Å². The SMILES string of the molecule is Cc1cnc2nc(-c3cncc(Br)c3)[nH]c2c1. The number of hydrogen-bond donors (Lipinski definition) is 1. The minimum absolute atomic E-state index is 0.727. The Balaban J connectivity index is 2.18. The second kappa shape index (κ2) is 3.92. The highest BCUT2D eigenvalue weighted by molar-refractivity contribution is 9.10. The molecular weight excluding hydrogens is 280 g/mol. The molecule has 3 aromatic rings. The van der Waals surface area contributed by atoms with Crippen molar-refractivity contribution >= 4 is 27.1 Å². The van der Waals surface area contributed by atoms with Crippen molar-refractivity contribution in [3.63, 3.8) is 0 Å². The van der Waals surface area contributed by atoms with Crippen LogP contribution < -0.4 is 0 Å². The van der Waals surface area contributed by atoms with E-state index in [1.807, 2.05) is 25.3 Å². The molecule has 0 atom stereocenters. The van der Waals surface area contributed by atoms with E-state index in [9.17, 15) is 0 Å². The van der Waals surface area contributed by atoms with Gasteiger partial charge in [-0.1, -0.05) is 0 Å². The first-order valence-electron chi connectivity index (χ1n) is 5.16. The fourth-order valence-corrected chi connectivity index (χ4v) is 2.05. The molecule has 3 rings (SSSR count). The maximum absolute atomic E-state index is 4.44. The van der Waals surface area contributed by atoms with Gasteiger partial charge in [0, 0.05) is 28.6 Å². The molecule has 0 radical (unpaired) electrons. The Kier molecular flexibility index (Phi) is 2.40. The molecule has 0 saturated heterocycles. The topological polar surface area (TPSA) is 54.5 Å². The smallest absolute Gasteiger partial charge is 0.178 e. The van der Waals surface area contributed by atoms with E-state index in [1.54, 1.807) is 12.4 Å². The van der Waals surface area contributed by atoms with E-state index < -0.39 is 0 Å². The zero-order valence-electron chi connectivity index (χ0n) is 9.11. The third-order valence-electron chi connectivity index (χ3n) is 2.45. The molecule has 0 aromatic carbocycles. The summed E-state index contributed by atoms with van der Waals surface area (Å²) in [5, 5.41) is 0. The normalized spacial score (nSPS) is 10.9. The van der Waals surface area contributed by atoms with Gasteiger partial charge in [0.15, 0.2) is 5.65 Å². The molecule has 0 fully saturated rings. The second-order valence-electron chi connectivity index (χ2n) is 3.86. The van der Waals surface area contributed by atoms with Gasteiger partial charge in [0.2, 0.25) is 0 Å². The summed E-state index contributed by atoms with van der Waals surface area (Å²) >= 11 is 3.40. The Morgan fingerprint density at radius 2 is 2.06 bits per heavy atom. The lowest BCUT2D eigenvalue weighted by Crippen LogP contribution is -1.82. The lowest BCUT2D eigenvalue weighted by atomic mass is 10.3. The van der Waals surface area contributed by atoms with E-state index in [4.69, 9.17) is 0 Å². The molecule has 0 saturated carbocycles. The van der Waals surface area contributed by atoms with E-state index in [-0.39, 0.29) is 0 Å². The molecule has 0 unspecified atom stereocenters. The molecule has 84 valence electrons. The lowest BCUT2D eigenvalue weighted by Gasteiger charge is -1.95. The van der Waals surface area contributed by atoms with Crippen molar-refractivity contribution in [2.45, 2.75) is 6.92 Å². The molecule has 0 aliphatic rings. The second-order valence-corrected chi connectivity index (χ2v) is 4.78. The van der Waals surface area contributed by atoms with Gasteiger partial charge in [-0.05, 0) is 40.5 Å². The van der Waals surface area contributed by atoms with Crippen molar-refractivity contribution in [1.29, 1.82) is 0 Å². The van der Waals surface area contributed by atoms with Crippen LogP contribution >= 0.6 is 15.9 Å². The Morgan fingerprint density at radius 1 is 1.18 bits per heavy atom. The first-order valence-corrected chi connectivity index (χ1v) is 5.95. The summed E-state index contributed by atoms with van der Waals surface area (Å²) in [4.78, 5) is 16.1. The van der Waals surface area contributed by atoms with Crippen LogP contribution in [0.5, 0.6) is 0 Å². The van der Waals surface area contributed by atoms with Crippen molar-refractivity contribution in [1.82, 2.24) is 19.9 Å². The van der Waals surface area contributed by atoms with Crippen LogP contribution in [0.2, 0.25) is 0 Å². The number of fused-ring (bicyclic) bond motifs is 1. The van der Waals surface area contributed by atoms with Gasteiger partial charge < -0.3 is 4.98 Å². The minimum atomic E-state index is 0.727. The summed E-state index contributed by atoms with van der Waals surface area (Å²) < 4.78 is 0.930. The minimum Gasteiger partial charge on any atom is -0.337 e. The van der Waals surface area contributed by atoms with Gasteiger partial charge in [-0.15, -0.1) is 0 Å². The predicted octanol–water partition coefficient (Wildman–Crippen LogP) is 3.09. The van der Waals surface area contributed by atoms with E-state index in [0.717, 1.165) is 32.6 Å². The number of aromatic amines is 1. The number of pyridine rings is 2. The summed E-state index contributed by atoms with van der Waals surface area (Å²) in [5.41, 5.74) is 3.72. The van der Waals surface area contributed by atoms with Gasteiger partial charge in [0.25, 0.3) is 0 Å². The number of nitrogens with zero attached hydrogens (tertiary/aromatic N) is 3. The largest absolute Gasteiger partial charge is 0.337 e. The maximum Gasteiger partial charge on any atom is 0.178 e. The Hall–Kier alpha value is -1.75. The van der Waals surface area contributed by atoms with Crippen molar-refractivity contribution in [2.75, 3.05) is 0 Å². The number of aryl methyl sites for hydroxylation is 1. The molecule has 5 heteroatoms. The molecule has 0 aliphatic carbocycles. The molecule has 0 bridgehead atoms. The molecule has 4 nitrogen and oxygen atoms in total. The molecular formula is C12H9BrN4. The summed E-state index contributed by atoms with van der Waals surface area (Å²) in [6.07, 6.45) is 5.33. The summed E-state index contributed by atoms with van der Waals surface area (Å²) in [5.74, 6) is 0.784. The van der Waals surface area contributed by atoms with Crippen molar-refractivity contribution < 1.29 is 0 Å². The van der Waals surface area contributed by atoms with Crippen LogP contribution in [0.4, 0.5) is 0 Å². The number of aromatic nitrogens is 4. The third kappa shape index (κ3) is 1.93. The fraction of sp³-hybridized carbons (Fsp3) is 0.0833. The Bertz CT molecular complexity index is 690. The monoisotopic (exact) mass is 288 g/mol. The highest BCUT2D eigenvalue weighted by Gasteiger charge is 2.06. The fourth-order valence-electron chi connectivity index (χ4n) is 1.68. The number of nitrogens with one attached hydrogen (secondary N) is 1. The van der Waals surface area contributed by atoms with Gasteiger partial charge in [0.05, 0.1) is 5.52 Å². The zero-order valence-corrected chi connectivity index (χ0v) is 10.7. The van der Waals surface area contributed by atoms with E-state index in [0.29, 0.717) is 0 Å². The molecule has 0 spiro atoms. The molecule has 0 amide bonds. The van der Waals surface area contributed by atoms with E-state index >= 15 is 0 Å². The summed E-state index contributed by atoms with van der Waals surface area (Å²) in [7, 11) is 0. The predicted molar refractivity (Wildman–Crippen MR) is 69.6 cm³/mol.